The summed E-state index contributed by atoms with van der Waals surface area (Å²) in [6.07, 6.45) is 2.58. The summed E-state index contributed by atoms with van der Waals surface area (Å²) in [4.78, 5) is 40.9. The second-order valence-corrected chi connectivity index (χ2v) is 9.72. The van der Waals surface area contributed by atoms with Gasteiger partial charge >= 0.3 is 0 Å². The van der Waals surface area contributed by atoms with Crippen LogP contribution in [0.4, 0.5) is 0 Å². The molecule has 0 unspecified atom stereocenters. The summed E-state index contributed by atoms with van der Waals surface area (Å²) < 4.78 is 1.83. The van der Waals surface area contributed by atoms with E-state index in [1.807, 2.05) is 41.8 Å². The van der Waals surface area contributed by atoms with Gasteiger partial charge in [0.15, 0.2) is 0 Å². The maximum Gasteiger partial charge on any atom is 0.270 e. The van der Waals surface area contributed by atoms with Crippen LogP contribution in [0.15, 0.2) is 77.2 Å². The molecule has 35 heavy (non-hydrogen) atoms. The number of hydrogen-bond donors (Lipinski definition) is 1. The molecule has 5 rings (SSSR count). The summed E-state index contributed by atoms with van der Waals surface area (Å²) >= 11 is 6.36. The Balaban J connectivity index is 1.45. The Bertz CT molecular complexity index is 1380. The van der Waals surface area contributed by atoms with E-state index in [1.54, 1.807) is 47.4 Å². The smallest absolute Gasteiger partial charge is 0.270 e. The topological polar surface area (TPSA) is 71.4 Å². The highest BCUT2D eigenvalue weighted by molar-refractivity contribution is 6.32. The second-order valence-electron chi connectivity index (χ2n) is 9.31. The van der Waals surface area contributed by atoms with Crippen LogP contribution in [0.25, 0.3) is 6.08 Å². The highest BCUT2D eigenvalue weighted by atomic mass is 35.5. The monoisotopic (exact) mass is 487 g/mol. The van der Waals surface area contributed by atoms with Gasteiger partial charge in [-0.25, -0.2) is 0 Å². The lowest BCUT2D eigenvalue weighted by Crippen LogP contribution is -2.50. The molecule has 3 heterocycles. The third kappa shape index (κ3) is 4.80. The number of aryl methyl sites for hydroxylation is 1. The van der Waals surface area contributed by atoms with E-state index < -0.39 is 0 Å². The van der Waals surface area contributed by atoms with Crippen molar-refractivity contribution in [2.75, 3.05) is 13.1 Å². The summed E-state index contributed by atoms with van der Waals surface area (Å²) in [5, 5.41) is 3.33. The molecule has 0 aliphatic carbocycles. The van der Waals surface area contributed by atoms with Crippen molar-refractivity contribution in [3.8, 4) is 0 Å². The third-order valence-electron chi connectivity index (χ3n) is 6.76. The van der Waals surface area contributed by atoms with Gasteiger partial charge in [-0.15, -0.1) is 0 Å². The van der Waals surface area contributed by atoms with E-state index in [1.165, 1.54) is 0 Å². The second kappa shape index (κ2) is 9.55. The predicted octanol–water partition coefficient (Wildman–Crippen LogP) is 4.23. The molecular weight excluding hydrogens is 462 g/mol. The Morgan fingerprint density at radius 2 is 1.74 bits per heavy atom. The lowest BCUT2D eigenvalue weighted by atomic mass is 9.83. The van der Waals surface area contributed by atoms with Crippen molar-refractivity contribution in [3.63, 3.8) is 0 Å². The number of fused-ring (bicyclic) bond motifs is 4. The molecule has 6 nitrogen and oxygen atoms in total. The molecule has 2 bridgehead atoms. The maximum absolute atomic E-state index is 13.8. The van der Waals surface area contributed by atoms with Crippen LogP contribution in [-0.4, -0.2) is 34.4 Å². The molecule has 0 spiro atoms. The fraction of sp³-hybridized carbons (Fsp3) is 0.250. The van der Waals surface area contributed by atoms with Gasteiger partial charge in [-0.2, -0.15) is 0 Å². The van der Waals surface area contributed by atoms with E-state index in [9.17, 15) is 14.4 Å². The number of carbonyl (C=O) groups excluding carboxylic acids is 2. The van der Waals surface area contributed by atoms with Crippen molar-refractivity contribution in [2.24, 2.45) is 5.92 Å². The van der Waals surface area contributed by atoms with Crippen LogP contribution < -0.4 is 10.9 Å². The Hall–Kier alpha value is -3.64. The van der Waals surface area contributed by atoms with Gasteiger partial charge in [0.25, 0.3) is 17.4 Å². The van der Waals surface area contributed by atoms with E-state index in [-0.39, 0.29) is 34.9 Å². The Morgan fingerprint density at radius 3 is 2.51 bits per heavy atom. The van der Waals surface area contributed by atoms with Crippen LogP contribution in [0.3, 0.4) is 0 Å². The number of aromatic nitrogens is 1. The largest absolute Gasteiger partial charge is 0.336 e. The number of amides is 2. The minimum atomic E-state index is -0.356. The average Bonchev–Trinajstić information content (AvgIpc) is 2.85. The van der Waals surface area contributed by atoms with E-state index in [0.717, 1.165) is 17.7 Å². The Morgan fingerprint density at radius 1 is 0.971 bits per heavy atom. The number of nitrogens with zero attached hydrogens (tertiary/aromatic N) is 2. The number of hydrogen-bond acceptors (Lipinski definition) is 3. The molecule has 2 aliphatic rings. The molecule has 3 aromatic rings. The maximum atomic E-state index is 13.8. The van der Waals surface area contributed by atoms with Gasteiger partial charge < -0.3 is 14.8 Å². The molecular formula is C28H26ClN3O3. The normalized spacial score (nSPS) is 19.1. The Labute approximate surface area is 208 Å². The van der Waals surface area contributed by atoms with Crippen LogP contribution in [0, 0.1) is 12.8 Å². The number of nitrogens with one attached hydrogen (secondary N) is 1. The molecule has 178 valence electrons. The fourth-order valence-electron chi connectivity index (χ4n) is 5.03. The van der Waals surface area contributed by atoms with Gasteiger partial charge in [0, 0.05) is 47.9 Å². The molecule has 2 amide bonds. The lowest BCUT2D eigenvalue weighted by molar-refractivity contribution is -0.130. The summed E-state index contributed by atoms with van der Waals surface area (Å²) in [6, 6.07) is 19.7. The third-order valence-corrected chi connectivity index (χ3v) is 7.11. The first-order valence-electron chi connectivity index (χ1n) is 11.7. The molecule has 0 radical (unpaired) electrons. The minimum absolute atomic E-state index is 0.00152. The number of halogens is 1. The number of carbonyl (C=O) groups is 2. The number of rotatable bonds is 4. The zero-order chi connectivity index (χ0) is 24.5. The fourth-order valence-corrected chi connectivity index (χ4v) is 5.22. The van der Waals surface area contributed by atoms with Gasteiger partial charge in [-0.1, -0.05) is 53.6 Å². The van der Waals surface area contributed by atoms with Crippen molar-refractivity contribution < 1.29 is 9.59 Å². The number of likely N-dealkylation sites (tertiary alicyclic amines) is 1. The quantitative estimate of drug-likeness (QED) is 0.560. The molecule has 1 aromatic heterocycles. The molecule has 0 saturated carbocycles. The van der Waals surface area contributed by atoms with Gasteiger partial charge in [0.2, 0.25) is 0 Å². The van der Waals surface area contributed by atoms with Crippen molar-refractivity contribution >= 4 is 29.5 Å². The predicted molar refractivity (Wildman–Crippen MR) is 136 cm³/mol. The van der Waals surface area contributed by atoms with Crippen LogP contribution in [0.1, 0.15) is 39.5 Å². The standard InChI is InChI=1S/C28H26ClN3O3/c1-18-9-11-20(12-10-18)27(34)30-24(14-21-5-2-3-6-23(21)29)28(35)31-15-19-13-22(17-31)25-7-4-8-26(33)32(25)16-19/h2-12,14,19,22H,13,15-17H2,1H3,(H,30,34)/b24-14-/t19-,22+/m1/s1. The van der Waals surface area contributed by atoms with Crippen LogP contribution in [0.2, 0.25) is 5.02 Å². The lowest BCUT2D eigenvalue weighted by Gasteiger charge is -2.43. The van der Waals surface area contributed by atoms with Crippen molar-refractivity contribution in [3.05, 3.63) is 110 Å². The number of pyridine rings is 1. The van der Waals surface area contributed by atoms with E-state index >= 15 is 0 Å². The van der Waals surface area contributed by atoms with Gasteiger partial charge in [-0.05, 0) is 55.2 Å². The zero-order valence-corrected chi connectivity index (χ0v) is 20.2. The van der Waals surface area contributed by atoms with Crippen molar-refractivity contribution in [1.29, 1.82) is 0 Å². The molecule has 7 heteroatoms. The first-order valence-corrected chi connectivity index (χ1v) is 12.1. The summed E-state index contributed by atoms with van der Waals surface area (Å²) in [7, 11) is 0. The van der Waals surface area contributed by atoms with Crippen LogP contribution in [-0.2, 0) is 11.3 Å². The summed E-state index contributed by atoms with van der Waals surface area (Å²) in [6.45, 7) is 3.55. The molecule has 1 fully saturated rings. The average molecular weight is 488 g/mol. The minimum Gasteiger partial charge on any atom is -0.336 e. The Kier molecular flexibility index (Phi) is 6.31. The SMILES string of the molecule is Cc1ccc(C(=O)N/C(=C\c2ccccc2Cl)C(=O)N2C[C@H]3C[C@@H](C2)c2cccc(=O)n2C3)cc1. The first-order chi connectivity index (χ1) is 16.9. The molecule has 2 atom stereocenters. The molecule has 2 aliphatic heterocycles. The highest BCUT2D eigenvalue weighted by Gasteiger charge is 2.37. The number of piperidine rings is 1. The number of benzene rings is 2. The molecule has 1 saturated heterocycles. The van der Waals surface area contributed by atoms with Crippen molar-refractivity contribution in [2.45, 2.75) is 25.8 Å². The van der Waals surface area contributed by atoms with Crippen molar-refractivity contribution in [1.82, 2.24) is 14.8 Å². The first kappa shape index (κ1) is 23.1. The van der Waals surface area contributed by atoms with E-state index in [4.69, 9.17) is 11.6 Å². The van der Waals surface area contributed by atoms with E-state index in [2.05, 4.69) is 5.32 Å². The molecule has 2 aromatic carbocycles. The zero-order valence-electron chi connectivity index (χ0n) is 19.4. The van der Waals surface area contributed by atoms with Gasteiger partial charge in [0.05, 0.1) is 0 Å². The van der Waals surface area contributed by atoms with Crippen LogP contribution >= 0.6 is 11.6 Å². The highest BCUT2D eigenvalue weighted by Crippen LogP contribution is 2.35. The van der Waals surface area contributed by atoms with Gasteiger partial charge in [-0.3, -0.25) is 14.4 Å². The summed E-state index contributed by atoms with van der Waals surface area (Å²) in [5.74, 6) is -0.355. The summed E-state index contributed by atoms with van der Waals surface area (Å²) in [5.41, 5.74) is 3.30. The van der Waals surface area contributed by atoms with Gasteiger partial charge in [0.1, 0.15) is 5.70 Å². The van der Waals surface area contributed by atoms with Crippen LogP contribution in [0.5, 0.6) is 0 Å². The van der Waals surface area contributed by atoms with E-state index in [0.29, 0.717) is 35.8 Å². The molecule has 1 N–H and O–H groups in total.